The molecule has 1 aromatic rings. The lowest BCUT2D eigenvalue weighted by Gasteiger charge is -2.24. The number of allylic oxidation sites excluding steroid dienone is 3. The van der Waals surface area contributed by atoms with Crippen molar-refractivity contribution in [3.63, 3.8) is 0 Å². The number of aliphatic hydroxyl groups is 2. The minimum absolute atomic E-state index is 0.00233. The molecule has 3 fully saturated rings. The lowest BCUT2D eigenvalue weighted by atomic mass is 9.89. The fourth-order valence-electron chi connectivity index (χ4n) is 7.55. The minimum atomic E-state index is -1.11. The first-order valence-electron chi connectivity index (χ1n) is 15.8. The van der Waals surface area contributed by atoms with E-state index in [0.717, 1.165) is 34.5 Å². The SMILES string of the molecule is C/C=C1/C(C)[C@@H](CC2N/C(=C\c3[nH]c(/C=C4\NC(=O)[C@H](C)[C@H]4CC)c(CO)c3CCC(=O)O)C(CCC(=O)O)=C2C)N2N[C@]12O. The molecule has 0 aromatic carbocycles. The van der Waals surface area contributed by atoms with Crippen molar-refractivity contribution in [3.05, 3.63) is 56.7 Å². The number of aliphatic hydroxyl groups excluding tert-OH is 1. The average Bonchev–Trinajstić information content (AvgIpc) is 3.16. The lowest BCUT2D eigenvalue weighted by Crippen LogP contribution is -2.35. The van der Waals surface area contributed by atoms with Gasteiger partial charge in [0, 0.05) is 65.1 Å². The fourth-order valence-corrected chi connectivity index (χ4v) is 7.55. The van der Waals surface area contributed by atoms with Gasteiger partial charge in [-0.1, -0.05) is 26.8 Å². The van der Waals surface area contributed by atoms with E-state index in [0.29, 0.717) is 35.4 Å². The van der Waals surface area contributed by atoms with Crippen molar-refractivity contribution in [2.24, 2.45) is 17.8 Å². The van der Waals surface area contributed by atoms with Gasteiger partial charge in [0.05, 0.1) is 6.61 Å². The predicted molar refractivity (Wildman–Crippen MR) is 167 cm³/mol. The number of hydrogen-bond acceptors (Lipinski definition) is 8. The van der Waals surface area contributed by atoms with Crippen molar-refractivity contribution in [1.29, 1.82) is 0 Å². The normalized spacial score (nSPS) is 33.3. The van der Waals surface area contributed by atoms with E-state index in [9.17, 15) is 34.8 Å². The summed E-state index contributed by atoms with van der Waals surface area (Å²) in [5.41, 5.74) is 9.83. The maximum absolute atomic E-state index is 12.4. The zero-order chi connectivity index (χ0) is 32.8. The van der Waals surface area contributed by atoms with Crippen LogP contribution in [0.4, 0.5) is 0 Å². The van der Waals surface area contributed by atoms with E-state index in [1.165, 1.54) is 0 Å². The third-order valence-electron chi connectivity index (χ3n) is 10.2. The summed E-state index contributed by atoms with van der Waals surface area (Å²) in [5, 5.41) is 48.8. The Morgan fingerprint density at radius 3 is 2.29 bits per heavy atom. The smallest absolute Gasteiger partial charge is 0.303 e. The number of nitrogens with one attached hydrogen (secondary N) is 4. The molecule has 7 atom stereocenters. The Bertz CT molecular complexity index is 1520. The van der Waals surface area contributed by atoms with Crippen molar-refractivity contribution < 1.29 is 34.8 Å². The van der Waals surface area contributed by atoms with E-state index >= 15 is 0 Å². The number of carboxylic acids is 2. The topological polar surface area (TPSA) is 197 Å². The van der Waals surface area contributed by atoms with Gasteiger partial charge in [0.15, 0.2) is 0 Å². The maximum atomic E-state index is 12.4. The van der Waals surface area contributed by atoms with Crippen molar-refractivity contribution in [3.8, 4) is 0 Å². The molecule has 45 heavy (non-hydrogen) atoms. The van der Waals surface area contributed by atoms with Crippen LogP contribution in [0, 0.1) is 17.8 Å². The van der Waals surface area contributed by atoms with E-state index in [4.69, 9.17) is 0 Å². The van der Waals surface area contributed by atoms with Crippen LogP contribution in [0.25, 0.3) is 12.2 Å². The Morgan fingerprint density at radius 2 is 1.69 bits per heavy atom. The van der Waals surface area contributed by atoms with E-state index < -0.39 is 17.8 Å². The van der Waals surface area contributed by atoms with Crippen LogP contribution < -0.4 is 16.1 Å². The van der Waals surface area contributed by atoms with E-state index in [1.54, 1.807) is 0 Å². The van der Waals surface area contributed by atoms with Crippen LogP contribution in [-0.2, 0) is 27.4 Å². The molecule has 0 radical (unpaired) electrons. The highest BCUT2D eigenvalue weighted by Crippen LogP contribution is 2.49. The van der Waals surface area contributed by atoms with Crippen LogP contribution >= 0.6 is 0 Å². The van der Waals surface area contributed by atoms with Crippen molar-refractivity contribution in [2.75, 3.05) is 0 Å². The van der Waals surface area contributed by atoms with Crippen LogP contribution in [0.1, 0.15) is 89.2 Å². The Labute approximate surface area is 262 Å². The Morgan fingerprint density at radius 1 is 1.02 bits per heavy atom. The molecule has 8 N–H and O–H groups in total. The van der Waals surface area contributed by atoms with Gasteiger partial charge in [0.1, 0.15) is 0 Å². The Balaban J connectivity index is 1.53. The molecule has 12 heteroatoms. The molecular formula is C33H45N5O7. The average molecular weight is 624 g/mol. The number of fused-ring (bicyclic) bond motifs is 1. The summed E-state index contributed by atoms with van der Waals surface area (Å²) >= 11 is 0. The lowest BCUT2D eigenvalue weighted by molar-refractivity contribution is -0.138. The number of hydrogen-bond donors (Lipinski definition) is 8. The zero-order valence-electron chi connectivity index (χ0n) is 26.5. The van der Waals surface area contributed by atoms with Gasteiger partial charge in [-0.3, -0.25) is 14.4 Å². The standard InChI is InChI=1S/C33H45N5O7/c1-6-19-17(4)32(44)36-25(19)12-28-22(15-39)21(9-11-31(42)43)27(35-28)13-26-20(8-10-30(40)41)16(3)24(34-26)14-29-18(5)23(7-2)33(45)37-38(29)33/h7,12-13,17-19,24,29,34-35,37,39,45H,6,8-11,14-15H2,1-5H3,(H,36,44)(H,40,41)(H,42,43)/b23-7-,25-12-,26-13-/t17-,18?,19-,24?,29-,33-,38?/m1/s1. The number of carboxylic acid groups (broad SMARTS) is 2. The number of carbonyl (C=O) groups excluding carboxylic acids is 1. The molecule has 244 valence electrons. The minimum Gasteiger partial charge on any atom is -0.481 e. The molecular weight excluding hydrogens is 578 g/mol. The molecule has 3 unspecified atom stereocenters. The molecule has 5 heterocycles. The highest BCUT2D eigenvalue weighted by molar-refractivity contribution is 5.86. The number of nitrogens with zero attached hydrogens (tertiary/aromatic N) is 1. The predicted octanol–water partition coefficient (Wildman–Crippen LogP) is 2.97. The van der Waals surface area contributed by atoms with Crippen LogP contribution in [0.2, 0.25) is 0 Å². The highest BCUT2D eigenvalue weighted by Gasteiger charge is 2.65. The molecule has 4 aliphatic rings. The van der Waals surface area contributed by atoms with Gasteiger partial charge in [0.2, 0.25) is 11.8 Å². The molecule has 0 spiro atoms. The van der Waals surface area contributed by atoms with Gasteiger partial charge >= 0.3 is 11.9 Å². The van der Waals surface area contributed by atoms with Crippen LogP contribution in [0.3, 0.4) is 0 Å². The maximum Gasteiger partial charge on any atom is 0.303 e. The van der Waals surface area contributed by atoms with Crippen LogP contribution in [0.15, 0.2) is 34.2 Å². The van der Waals surface area contributed by atoms with E-state index in [-0.39, 0.29) is 61.6 Å². The number of amides is 1. The summed E-state index contributed by atoms with van der Waals surface area (Å²) in [6.07, 6.45) is 7.37. The second-order valence-corrected chi connectivity index (χ2v) is 12.7. The fraction of sp³-hybridized carbons (Fsp3) is 0.545. The summed E-state index contributed by atoms with van der Waals surface area (Å²) in [7, 11) is 0. The first-order valence-corrected chi connectivity index (χ1v) is 15.8. The molecule has 12 nitrogen and oxygen atoms in total. The number of aromatic amines is 1. The summed E-state index contributed by atoms with van der Waals surface area (Å²) in [5.74, 6) is -3.11. The first kappa shape index (κ1) is 32.7. The molecule has 0 aliphatic carbocycles. The van der Waals surface area contributed by atoms with E-state index in [1.807, 2.05) is 50.9 Å². The van der Waals surface area contributed by atoms with Gasteiger partial charge in [-0.25, -0.2) is 5.43 Å². The van der Waals surface area contributed by atoms with Crippen LogP contribution in [-0.4, -0.2) is 66.2 Å². The van der Waals surface area contributed by atoms with Gasteiger partial charge in [-0.15, -0.1) is 0 Å². The number of aliphatic carboxylic acids is 2. The highest BCUT2D eigenvalue weighted by atomic mass is 16.4. The van der Waals surface area contributed by atoms with Gasteiger partial charge < -0.3 is 36.0 Å². The van der Waals surface area contributed by atoms with Crippen molar-refractivity contribution in [1.82, 2.24) is 26.1 Å². The molecule has 0 saturated carbocycles. The molecule has 1 aromatic heterocycles. The molecule has 5 rings (SSSR count). The molecule has 4 aliphatic heterocycles. The number of carbonyl (C=O) groups is 3. The second-order valence-electron chi connectivity index (χ2n) is 12.7. The van der Waals surface area contributed by atoms with Crippen molar-refractivity contribution >= 4 is 30.0 Å². The Hall–Kier alpha value is -3.71. The van der Waals surface area contributed by atoms with Gasteiger partial charge in [0.25, 0.3) is 0 Å². The summed E-state index contributed by atoms with van der Waals surface area (Å²) in [6.45, 7) is 9.59. The molecule has 3 saturated heterocycles. The third kappa shape index (κ3) is 5.99. The second kappa shape index (κ2) is 12.6. The number of H-pyrrole nitrogens is 1. The monoisotopic (exact) mass is 623 g/mol. The van der Waals surface area contributed by atoms with Gasteiger partial charge in [-0.2, -0.15) is 5.01 Å². The summed E-state index contributed by atoms with van der Waals surface area (Å²) < 4.78 is 0. The van der Waals surface area contributed by atoms with E-state index in [2.05, 4.69) is 28.0 Å². The number of aromatic nitrogens is 1. The van der Waals surface area contributed by atoms with Gasteiger partial charge in [-0.05, 0) is 79.9 Å². The van der Waals surface area contributed by atoms with Crippen molar-refractivity contribution in [2.45, 2.75) is 97.7 Å². The molecule has 1 amide bonds. The number of rotatable bonds is 12. The molecule has 0 bridgehead atoms. The largest absolute Gasteiger partial charge is 0.481 e. The summed E-state index contributed by atoms with van der Waals surface area (Å²) in [4.78, 5) is 39.0. The third-order valence-corrected chi connectivity index (χ3v) is 10.2. The van der Waals surface area contributed by atoms with Crippen LogP contribution in [0.5, 0.6) is 0 Å². The quantitative estimate of drug-likeness (QED) is 0.127. The first-order chi connectivity index (χ1) is 21.3. The number of hydrazine groups is 1. The zero-order valence-corrected chi connectivity index (χ0v) is 26.5. The Kier molecular flexibility index (Phi) is 9.14. The summed E-state index contributed by atoms with van der Waals surface area (Å²) in [6, 6.07) is -0.104.